The molecular weight excluding hydrogens is 226 g/mol. The minimum absolute atomic E-state index is 0.0907. The van der Waals surface area contributed by atoms with Gasteiger partial charge in [-0.05, 0) is 31.7 Å². The Morgan fingerprint density at radius 3 is 2.83 bits per heavy atom. The quantitative estimate of drug-likeness (QED) is 0.882. The third-order valence-electron chi connectivity index (χ3n) is 3.34. The summed E-state index contributed by atoms with van der Waals surface area (Å²) >= 11 is 0. The predicted octanol–water partition coefficient (Wildman–Crippen LogP) is 1.70. The average Bonchev–Trinajstić information content (AvgIpc) is 2.34. The number of aryl methyl sites for hydroxylation is 1. The zero-order chi connectivity index (χ0) is 13.1. The third kappa shape index (κ3) is 2.64. The molecule has 0 spiro atoms. The Labute approximate surface area is 109 Å². The maximum absolute atomic E-state index is 12.2. The highest BCUT2D eigenvalue weighted by Crippen LogP contribution is 2.22. The highest BCUT2D eigenvalue weighted by atomic mass is 16.2. The van der Waals surface area contributed by atoms with E-state index in [1.54, 1.807) is 4.90 Å². The first-order chi connectivity index (χ1) is 8.61. The van der Waals surface area contributed by atoms with Gasteiger partial charge in [-0.2, -0.15) is 0 Å². The first-order valence-electron chi connectivity index (χ1n) is 6.35. The zero-order valence-electron chi connectivity index (χ0n) is 11.3. The van der Waals surface area contributed by atoms with Crippen LogP contribution in [0, 0.1) is 12.8 Å². The molecule has 2 rings (SSSR count). The monoisotopic (exact) mass is 247 g/mol. The Morgan fingerprint density at radius 2 is 2.17 bits per heavy atom. The lowest BCUT2D eigenvalue weighted by Crippen LogP contribution is -2.53. The van der Waals surface area contributed by atoms with Crippen LogP contribution in [0.25, 0.3) is 0 Å². The highest BCUT2D eigenvalue weighted by Gasteiger charge is 2.30. The van der Waals surface area contributed by atoms with E-state index < -0.39 is 0 Å². The van der Waals surface area contributed by atoms with Gasteiger partial charge in [-0.25, -0.2) is 4.79 Å². The molecule has 1 aromatic rings. The van der Waals surface area contributed by atoms with Crippen molar-refractivity contribution in [3.63, 3.8) is 0 Å². The van der Waals surface area contributed by atoms with E-state index in [1.165, 1.54) is 5.56 Å². The van der Waals surface area contributed by atoms with Crippen molar-refractivity contribution in [1.29, 1.82) is 0 Å². The summed E-state index contributed by atoms with van der Waals surface area (Å²) in [5, 5.41) is 3.19. The van der Waals surface area contributed by atoms with E-state index >= 15 is 0 Å². The Bertz CT molecular complexity index is 433. The van der Waals surface area contributed by atoms with Gasteiger partial charge in [0.1, 0.15) is 0 Å². The average molecular weight is 247 g/mol. The van der Waals surface area contributed by atoms with Crippen LogP contribution in [0.5, 0.6) is 0 Å². The van der Waals surface area contributed by atoms with E-state index in [4.69, 9.17) is 0 Å². The number of hydrogen-bond donors (Lipinski definition) is 1. The second kappa shape index (κ2) is 5.40. The van der Waals surface area contributed by atoms with Crippen molar-refractivity contribution in [1.82, 2.24) is 10.2 Å². The number of nitrogens with zero attached hydrogens (tertiary/aromatic N) is 2. The molecule has 18 heavy (non-hydrogen) atoms. The van der Waals surface area contributed by atoms with E-state index in [1.807, 2.05) is 44.1 Å². The van der Waals surface area contributed by atoms with Gasteiger partial charge in [0.15, 0.2) is 0 Å². The smallest absolute Gasteiger partial charge is 0.324 e. The normalized spacial score (nSPS) is 20.4. The van der Waals surface area contributed by atoms with Gasteiger partial charge in [0, 0.05) is 38.3 Å². The summed E-state index contributed by atoms with van der Waals surface area (Å²) in [5.74, 6) is 0.471. The van der Waals surface area contributed by atoms with Crippen molar-refractivity contribution in [2.24, 2.45) is 5.92 Å². The van der Waals surface area contributed by atoms with Crippen LogP contribution < -0.4 is 10.2 Å². The van der Waals surface area contributed by atoms with Crippen LogP contribution in [-0.4, -0.2) is 44.7 Å². The summed E-state index contributed by atoms with van der Waals surface area (Å²) in [4.78, 5) is 15.9. The van der Waals surface area contributed by atoms with Crippen LogP contribution in [0.3, 0.4) is 0 Å². The maximum atomic E-state index is 12.2. The van der Waals surface area contributed by atoms with E-state index in [-0.39, 0.29) is 6.03 Å². The lowest BCUT2D eigenvalue weighted by molar-refractivity contribution is 0.192. The second-order valence-electron chi connectivity index (χ2n) is 5.04. The van der Waals surface area contributed by atoms with Gasteiger partial charge in [-0.3, -0.25) is 4.90 Å². The topological polar surface area (TPSA) is 35.6 Å². The minimum Gasteiger partial charge on any atom is -0.327 e. The van der Waals surface area contributed by atoms with Gasteiger partial charge in [-0.1, -0.05) is 12.1 Å². The Kier molecular flexibility index (Phi) is 3.87. The molecule has 1 saturated heterocycles. The molecule has 0 aliphatic carbocycles. The Hall–Kier alpha value is -1.55. The number of benzene rings is 1. The van der Waals surface area contributed by atoms with Crippen molar-refractivity contribution in [2.45, 2.75) is 6.92 Å². The molecule has 1 aliphatic rings. The molecule has 0 saturated carbocycles. The van der Waals surface area contributed by atoms with E-state index in [2.05, 4.69) is 11.4 Å². The van der Waals surface area contributed by atoms with Crippen LogP contribution in [0.2, 0.25) is 0 Å². The van der Waals surface area contributed by atoms with Crippen molar-refractivity contribution in [2.75, 3.05) is 38.6 Å². The predicted molar refractivity (Wildman–Crippen MR) is 74.0 cm³/mol. The molecule has 0 aromatic heterocycles. The molecule has 98 valence electrons. The number of rotatable bonds is 3. The van der Waals surface area contributed by atoms with Gasteiger partial charge in [0.05, 0.1) is 0 Å². The van der Waals surface area contributed by atoms with Crippen molar-refractivity contribution >= 4 is 11.7 Å². The van der Waals surface area contributed by atoms with Gasteiger partial charge in [0.25, 0.3) is 0 Å². The molecule has 1 atom stereocenters. The summed E-state index contributed by atoms with van der Waals surface area (Å²) in [7, 11) is 3.82. The molecule has 1 N–H and O–H groups in total. The van der Waals surface area contributed by atoms with E-state index in [0.29, 0.717) is 5.92 Å². The highest BCUT2D eigenvalue weighted by molar-refractivity contribution is 5.92. The van der Waals surface area contributed by atoms with Crippen LogP contribution in [-0.2, 0) is 0 Å². The standard InChI is InChI=1S/C14H21N3O/c1-11-5-4-6-13(7-11)17-10-12(8-15-2)9-16(3)14(17)18/h4-7,12,15H,8-10H2,1-3H3. The van der Waals surface area contributed by atoms with E-state index in [9.17, 15) is 4.79 Å². The molecule has 4 heteroatoms. The zero-order valence-corrected chi connectivity index (χ0v) is 11.3. The van der Waals surface area contributed by atoms with Crippen molar-refractivity contribution in [3.8, 4) is 0 Å². The molecule has 0 bridgehead atoms. The number of nitrogens with one attached hydrogen (secondary N) is 1. The number of urea groups is 1. The molecule has 1 aliphatic heterocycles. The number of anilines is 1. The molecule has 4 nitrogen and oxygen atoms in total. The van der Waals surface area contributed by atoms with Crippen LogP contribution >= 0.6 is 0 Å². The maximum Gasteiger partial charge on any atom is 0.324 e. The largest absolute Gasteiger partial charge is 0.327 e. The SMILES string of the molecule is CNCC1CN(C)C(=O)N(c2cccc(C)c2)C1. The molecule has 1 unspecified atom stereocenters. The summed E-state index contributed by atoms with van der Waals surface area (Å²) < 4.78 is 0. The van der Waals surface area contributed by atoms with Crippen molar-refractivity contribution in [3.05, 3.63) is 29.8 Å². The molecule has 0 radical (unpaired) electrons. The molecular formula is C14H21N3O. The minimum atomic E-state index is 0.0907. The van der Waals surface area contributed by atoms with E-state index in [0.717, 1.165) is 25.3 Å². The fourth-order valence-electron chi connectivity index (χ4n) is 2.49. The van der Waals surface area contributed by atoms with Crippen LogP contribution in [0.15, 0.2) is 24.3 Å². The number of carbonyl (C=O) groups is 1. The second-order valence-corrected chi connectivity index (χ2v) is 5.04. The number of hydrogen-bond acceptors (Lipinski definition) is 2. The van der Waals surface area contributed by atoms with Gasteiger partial charge < -0.3 is 10.2 Å². The Morgan fingerprint density at radius 1 is 1.39 bits per heavy atom. The van der Waals surface area contributed by atoms with Crippen LogP contribution in [0.1, 0.15) is 5.56 Å². The molecule has 1 aromatic carbocycles. The first-order valence-corrected chi connectivity index (χ1v) is 6.35. The first kappa shape index (κ1) is 12.9. The third-order valence-corrected chi connectivity index (χ3v) is 3.34. The van der Waals surface area contributed by atoms with Crippen molar-refractivity contribution < 1.29 is 4.79 Å². The van der Waals surface area contributed by atoms with Gasteiger partial charge >= 0.3 is 6.03 Å². The summed E-state index contributed by atoms with van der Waals surface area (Å²) in [5.41, 5.74) is 2.17. The summed E-state index contributed by atoms with van der Waals surface area (Å²) in [6.07, 6.45) is 0. The van der Waals surface area contributed by atoms with Crippen LogP contribution in [0.4, 0.5) is 10.5 Å². The fraction of sp³-hybridized carbons (Fsp3) is 0.500. The summed E-state index contributed by atoms with van der Waals surface area (Å²) in [6, 6.07) is 8.20. The molecule has 2 amide bonds. The lowest BCUT2D eigenvalue weighted by Gasteiger charge is -2.38. The fourth-order valence-corrected chi connectivity index (χ4v) is 2.49. The molecule has 1 fully saturated rings. The van der Waals surface area contributed by atoms with Gasteiger partial charge in [0.2, 0.25) is 0 Å². The van der Waals surface area contributed by atoms with Gasteiger partial charge in [-0.15, -0.1) is 0 Å². The Balaban J connectivity index is 2.21. The molecule has 1 heterocycles. The number of amides is 2. The number of carbonyl (C=O) groups excluding carboxylic acids is 1. The summed E-state index contributed by atoms with van der Waals surface area (Å²) in [6.45, 7) is 4.59. The lowest BCUT2D eigenvalue weighted by atomic mass is 10.1.